The van der Waals surface area contributed by atoms with Crippen LogP contribution in [0.25, 0.3) is 6.08 Å². The maximum Gasteiger partial charge on any atom is 0.336 e. The molecule has 0 fully saturated rings. The van der Waals surface area contributed by atoms with E-state index in [9.17, 15) is 14.9 Å². The van der Waals surface area contributed by atoms with Gasteiger partial charge in [-0.05, 0) is 41.2 Å². The van der Waals surface area contributed by atoms with Crippen LogP contribution in [0.15, 0.2) is 48.5 Å². The van der Waals surface area contributed by atoms with E-state index in [1.807, 2.05) is 19.1 Å². The van der Waals surface area contributed by atoms with Crippen molar-refractivity contribution in [2.24, 2.45) is 0 Å². The van der Waals surface area contributed by atoms with Crippen molar-refractivity contribution in [2.45, 2.75) is 33.1 Å². The number of benzene rings is 2. The van der Waals surface area contributed by atoms with Crippen LogP contribution >= 0.6 is 0 Å². The summed E-state index contributed by atoms with van der Waals surface area (Å²) >= 11 is 0. The summed E-state index contributed by atoms with van der Waals surface area (Å²) in [5.74, 6) is -0.0280. The molecule has 0 amide bonds. The molecule has 0 heterocycles. The first-order chi connectivity index (χ1) is 11.7. The van der Waals surface area contributed by atoms with Crippen molar-refractivity contribution in [1.29, 1.82) is 0 Å². The van der Waals surface area contributed by atoms with Crippen molar-refractivity contribution in [3.05, 3.63) is 75.3 Å². The first kappa shape index (κ1) is 18.4. The van der Waals surface area contributed by atoms with E-state index in [4.69, 9.17) is 4.74 Å². The summed E-state index contributed by atoms with van der Waals surface area (Å²) in [6.07, 6.45) is 2.75. The molecule has 0 saturated heterocycles. The highest BCUT2D eigenvalue weighted by atomic mass is 16.6. The predicted molar refractivity (Wildman–Crippen MR) is 97.6 cm³/mol. The van der Waals surface area contributed by atoms with Crippen LogP contribution in [-0.2, 0) is 10.2 Å². The molecule has 5 nitrogen and oxygen atoms in total. The Labute approximate surface area is 147 Å². The van der Waals surface area contributed by atoms with Crippen LogP contribution in [0.3, 0.4) is 0 Å². The molecular weight excluding hydrogens is 318 g/mol. The lowest BCUT2D eigenvalue weighted by molar-refractivity contribution is -0.384. The Hall–Kier alpha value is -2.95. The summed E-state index contributed by atoms with van der Waals surface area (Å²) in [5.41, 5.74) is 2.60. The van der Waals surface area contributed by atoms with Crippen molar-refractivity contribution in [2.75, 3.05) is 0 Å². The molecule has 5 heteroatoms. The van der Waals surface area contributed by atoms with Gasteiger partial charge in [0.05, 0.1) is 4.92 Å². The molecule has 0 aliphatic carbocycles. The first-order valence-corrected chi connectivity index (χ1v) is 7.92. The average molecular weight is 339 g/mol. The van der Waals surface area contributed by atoms with E-state index >= 15 is 0 Å². The molecule has 0 atom stereocenters. The fourth-order valence-electron chi connectivity index (χ4n) is 2.28. The minimum absolute atomic E-state index is 0.0230. The van der Waals surface area contributed by atoms with Gasteiger partial charge < -0.3 is 4.74 Å². The highest BCUT2D eigenvalue weighted by Crippen LogP contribution is 2.27. The van der Waals surface area contributed by atoms with Gasteiger partial charge >= 0.3 is 5.97 Å². The zero-order valence-electron chi connectivity index (χ0n) is 14.8. The van der Waals surface area contributed by atoms with Gasteiger partial charge in [0.1, 0.15) is 5.75 Å². The molecular formula is C20H21NO4. The number of hydrogen-bond acceptors (Lipinski definition) is 4. The predicted octanol–water partition coefficient (Wildman–Crippen LogP) is 4.82. The fraction of sp³-hybridized carbons (Fsp3) is 0.250. The summed E-state index contributed by atoms with van der Waals surface area (Å²) in [4.78, 5) is 22.3. The zero-order valence-corrected chi connectivity index (χ0v) is 14.8. The highest BCUT2D eigenvalue weighted by molar-refractivity contribution is 5.89. The Morgan fingerprint density at radius 1 is 1.16 bits per heavy atom. The normalized spacial score (nSPS) is 11.5. The Morgan fingerprint density at radius 3 is 2.48 bits per heavy atom. The van der Waals surface area contributed by atoms with Crippen molar-refractivity contribution >= 4 is 17.7 Å². The van der Waals surface area contributed by atoms with Crippen LogP contribution in [0, 0.1) is 17.0 Å². The van der Waals surface area contributed by atoms with Gasteiger partial charge in [0.25, 0.3) is 5.69 Å². The second kappa shape index (κ2) is 7.30. The second-order valence-corrected chi connectivity index (χ2v) is 6.84. The van der Waals surface area contributed by atoms with Gasteiger partial charge in [0, 0.05) is 18.2 Å². The van der Waals surface area contributed by atoms with Crippen molar-refractivity contribution in [3.8, 4) is 5.75 Å². The molecule has 130 valence electrons. The van der Waals surface area contributed by atoms with Gasteiger partial charge in [-0.1, -0.05) is 45.0 Å². The van der Waals surface area contributed by atoms with Crippen LogP contribution in [0.4, 0.5) is 5.69 Å². The fourth-order valence-corrected chi connectivity index (χ4v) is 2.28. The number of aryl methyl sites for hydroxylation is 1. The standard InChI is InChI=1S/C20H21NO4/c1-14-12-16(20(2,3)4)9-10-18(14)25-19(22)11-8-15-6-5-7-17(13-15)21(23)24/h5-13H,1-4H3. The smallest absolute Gasteiger partial charge is 0.336 e. The van der Waals surface area contributed by atoms with E-state index in [0.717, 1.165) is 11.1 Å². The van der Waals surface area contributed by atoms with Crippen LogP contribution in [-0.4, -0.2) is 10.9 Å². The monoisotopic (exact) mass is 339 g/mol. The molecule has 0 saturated carbocycles. The maximum atomic E-state index is 12.0. The lowest BCUT2D eigenvalue weighted by atomic mass is 9.86. The van der Waals surface area contributed by atoms with E-state index in [1.54, 1.807) is 18.2 Å². The van der Waals surface area contributed by atoms with Crippen molar-refractivity contribution in [3.63, 3.8) is 0 Å². The largest absolute Gasteiger partial charge is 0.423 e. The number of nitro benzene ring substituents is 1. The van der Waals surface area contributed by atoms with Crippen LogP contribution in [0.5, 0.6) is 5.75 Å². The minimum Gasteiger partial charge on any atom is -0.423 e. The first-order valence-electron chi connectivity index (χ1n) is 7.92. The van der Waals surface area contributed by atoms with Gasteiger partial charge in [-0.3, -0.25) is 10.1 Å². The minimum atomic E-state index is -0.530. The summed E-state index contributed by atoms with van der Waals surface area (Å²) < 4.78 is 5.35. The molecule has 0 aliphatic rings. The van der Waals surface area contributed by atoms with Crippen LogP contribution < -0.4 is 4.74 Å². The molecule has 2 aromatic carbocycles. The summed E-state index contributed by atoms with van der Waals surface area (Å²) in [6, 6.07) is 11.8. The lowest BCUT2D eigenvalue weighted by Crippen LogP contribution is -2.12. The lowest BCUT2D eigenvalue weighted by Gasteiger charge is -2.20. The van der Waals surface area contributed by atoms with E-state index in [2.05, 4.69) is 20.8 Å². The molecule has 0 aliphatic heterocycles. The number of carbonyl (C=O) groups excluding carboxylic acids is 1. The van der Waals surface area contributed by atoms with Crippen molar-refractivity contribution < 1.29 is 14.5 Å². The quantitative estimate of drug-likeness (QED) is 0.263. The summed E-state index contributed by atoms with van der Waals surface area (Å²) in [5, 5.41) is 10.8. The van der Waals surface area contributed by atoms with Gasteiger partial charge in [0.2, 0.25) is 0 Å². The number of nitro groups is 1. The molecule has 0 radical (unpaired) electrons. The molecule has 25 heavy (non-hydrogen) atoms. The van der Waals surface area contributed by atoms with Gasteiger partial charge in [-0.25, -0.2) is 4.79 Å². The van der Waals surface area contributed by atoms with E-state index in [0.29, 0.717) is 11.3 Å². The number of carbonyl (C=O) groups is 1. The van der Waals surface area contributed by atoms with Crippen molar-refractivity contribution in [1.82, 2.24) is 0 Å². The highest BCUT2D eigenvalue weighted by Gasteiger charge is 2.15. The third-order valence-electron chi connectivity index (χ3n) is 3.74. The summed E-state index contributed by atoms with van der Waals surface area (Å²) in [6.45, 7) is 8.25. The van der Waals surface area contributed by atoms with Crippen LogP contribution in [0.2, 0.25) is 0 Å². The molecule has 0 unspecified atom stereocenters. The third kappa shape index (κ3) is 5.01. The van der Waals surface area contributed by atoms with Gasteiger partial charge in [-0.2, -0.15) is 0 Å². The molecule has 2 aromatic rings. The molecule has 0 aromatic heterocycles. The number of rotatable bonds is 4. The Kier molecular flexibility index (Phi) is 5.37. The number of non-ortho nitro benzene ring substituents is 1. The molecule has 2 rings (SSSR count). The third-order valence-corrected chi connectivity index (χ3v) is 3.74. The zero-order chi connectivity index (χ0) is 18.6. The van der Waals surface area contributed by atoms with E-state index < -0.39 is 10.9 Å². The van der Waals surface area contributed by atoms with Gasteiger partial charge in [-0.15, -0.1) is 0 Å². The average Bonchev–Trinajstić information content (AvgIpc) is 2.54. The number of nitrogens with zero attached hydrogens (tertiary/aromatic N) is 1. The molecule has 0 spiro atoms. The van der Waals surface area contributed by atoms with Crippen LogP contribution in [0.1, 0.15) is 37.5 Å². The topological polar surface area (TPSA) is 69.4 Å². The number of hydrogen-bond donors (Lipinski definition) is 0. The Bertz CT molecular complexity index is 832. The SMILES string of the molecule is Cc1cc(C(C)(C)C)ccc1OC(=O)C=Cc1cccc([N+](=O)[O-])c1. The Balaban J connectivity index is 2.10. The summed E-state index contributed by atoms with van der Waals surface area (Å²) in [7, 11) is 0. The van der Waals surface area contributed by atoms with E-state index in [-0.39, 0.29) is 11.1 Å². The number of esters is 1. The maximum absolute atomic E-state index is 12.0. The van der Waals surface area contributed by atoms with Gasteiger partial charge in [0.15, 0.2) is 0 Å². The Morgan fingerprint density at radius 2 is 1.88 bits per heavy atom. The van der Waals surface area contributed by atoms with E-state index in [1.165, 1.54) is 24.3 Å². The second-order valence-electron chi connectivity index (χ2n) is 6.84. The molecule has 0 bridgehead atoms. The molecule has 0 N–H and O–H groups in total. The number of ether oxygens (including phenoxy) is 1.